The van der Waals surface area contributed by atoms with Crippen molar-refractivity contribution >= 4 is 16.0 Å². The lowest BCUT2D eigenvalue weighted by Gasteiger charge is -2.23. The van der Waals surface area contributed by atoms with Gasteiger partial charge in [-0.1, -0.05) is 12.1 Å². The molecule has 20 heavy (non-hydrogen) atoms. The summed E-state index contributed by atoms with van der Waals surface area (Å²) in [7, 11) is -2.41. The Morgan fingerprint density at radius 1 is 1.30 bits per heavy atom. The minimum Gasteiger partial charge on any atom is -0.469 e. The van der Waals surface area contributed by atoms with Crippen LogP contribution in [0.5, 0.6) is 0 Å². The number of sulfonamides is 1. The van der Waals surface area contributed by atoms with E-state index < -0.39 is 15.6 Å². The number of ether oxygens (including phenoxy) is 1. The van der Waals surface area contributed by atoms with Crippen LogP contribution in [-0.4, -0.2) is 38.7 Å². The van der Waals surface area contributed by atoms with Crippen LogP contribution < -0.4 is 4.72 Å². The van der Waals surface area contributed by atoms with E-state index in [0.29, 0.717) is 5.56 Å². The van der Waals surface area contributed by atoms with Crippen LogP contribution in [0.15, 0.2) is 29.2 Å². The SMILES string of the molecule is COC(=O)Cc1ccc(S(=O)(=O)NC(C)(C)CO)cc1. The Hall–Kier alpha value is -1.44. The molecule has 0 atom stereocenters. The monoisotopic (exact) mass is 301 g/mol. The van der Waals surface area contributed by atoms with Gasteiger partial charge in [-0.15, -0.1) is 0 Å². The van der Waals surface area contributed by atoms with E-state index >= 15 is 0 Å². The third-order valence-electron chi connectivity index (χ3n) is 2.62. The Balaban J connectivity index is 2.90. The number of methoxy groups -OCH3 is 1. The first-order valence-electron chi connectivity index (χ1n) is 6.01. The Kier molecular flexibility index (Phi) is 5.27. The van der Waals surface area contributed by atoms with Crippen LogP contribution in [0.4, 0.5) is 0 Å². The standard InChI is InChI=1S/C13H19NO5S/c1-13(2,9-15)14-20(17,18)11-6-4-10(5-7-11)8-12(16)19-3/h4-7,14-15H,8-9H2,1-3H3. The maximum absolute atomic E-state index is 12.1. The summed E-state index contributed by atoms with van der Waals surface area (Å²) in [6, 6.07) is 5.93. The lowest BCUT2D eigenvalue weighted by atomic mass is 10.1. The zero-order chi connectivity index (χ0) is 15.4. The average Bonchev–Trinajstić information content (AvgIpc) is 2.38. The van der Waals surface area contributed by atoms with Crippen molar-refractivity contribution in [1.82, 2.24) is 4.72 Å². The van der Waals surface area contributed by atoms with Gasteiger partial charge in [-0.05, 0) is 31.5 Å². The minimum atomic E-state index is -3.71. The molecule has 0 amide bonds. The highest BCUT2D eigenvalue weighted by Gasteiger charge is 2.25. The zero-order valence-corrected chi connectivity index (χ0v) is 12.5. The third kappa shape index (κ3) is 4.59. The Bertz CT molecular complexity index is 563. The van der Waals surface area contributed by atoms with E-state index in [1.165, 1.54) is 19.2 Å². The van der Waals surface area contributed by atoms with E-state index in [1.54, 1.807) is 26.0 Å². The number of rotatable bonds is 6. The van der Waals surface area contributed by atoms with Gasteiger partial charge in [0.2, 0.25) is 10.0 Å². The molecule has 0 unspecified atom stereocenters. The number of carbonyl (C=O) groups excluding carboxylic acids is 1. The average molecular weight is 301 g/mol. The smallest absolute Gasteiger partial charge is 0.309 e. The molecule has 112 valence electrons. The molecule has 0 radical (unpaired) electrons. The van der Waals surface area contributed by atoms with Crippen LogP contribution in [0.3, 0.4) is 0 Å². The fourth-order valence-electron chi connectivity index (χ4n) is 1.48. The third-order valence-corrected chi connectivity index (χ3v) is 4.33. The molecular weight excluding hydrogens is 282 g/mol. The van der Waals surface area contributed by atoms with Crippen molar-refractivity contribution in [2.75, 3.05) is 13.7 Å². The Morgan fingerprint density at radius 2 is 1.85 bits per heavy atom. The summed E-state index contributed by atoms with van der Waals surface area (Å²) in [5.74, 6) is -0.389. The predicted octanol–water partition coefficient (Wildman–Crippen LogP) is 0.451. The van der Waals surface area contributed by atoms with Gasteiger partial charge in [-0.2, -0.15) is 0 Å². The fourth-order valence-corrected chi connectivity index (χ4v) is 2.88. The van der Waals surface area contributed by atoms with Gasteiger partial charge in [-0.3, -0.25) is 4.79 Å². The van der Waals surface area contributed by atoms with Crippen molar-refractivity contribution in [1.29, 1.82) is 0 Å². The molecule has 0 saturated heterocycles. The van der Waals surface area contributed by atoms with Gasteiger partial charge in [0.15, 0.2) is 0 Å². The van der Waals surface area contributed by atoms with Crippen LogP contribution in [0.1, 0.15) is 19.4 Å². The molecule has 0 aliphatic rings. The van der Waals surface area contributed by atoms with Gasteiger partial charge in [0.05, 0.1) is 30.6 Å². The second kappa shape index (κ2) is 6.34. The van der Waals surface area contributed by atoms with Gasteiger partial charge in [0.25, 0.3) is 0 Å². The van der Waals surface area contributed by atoms with E-state index in [1.807, 2.05) is 0 Å². The van der Waals surface area contributed by atoms with Crippen LogP contribution in [0.2, 0.25) is 0 Å². The molecule has 0 bridgehead atoms. The van der Waals surface area contributed by atoms with Crippen LogP contribution >= 0.6 is 0 Å². The number of nitrogens with one attached hydrogen (secondary N) is 1. The van der Waals surface area contributed by atoms with Gasteiger partial charge in [0.1, 0.15) is 0 Å². The van der Waals surface area contributed by atoms with Gasteiger partial charge in [-0.25, -0.2) is 13.1 Å². The van der Waals surface area contributed by atoms with E-state index in [-0.39, 0.29) is 23.9 Å². The minimum absolute atomic E-state index is 0.0765. The number of hydrogen-bond donors (Lipinski definition) is 2. The van der Waals surface area contributed by atoms with Crippen LogP contribution in [0, 0.1) is 0 Å². The van der Waals surface area contributed by atoms with Crippen LogP contribution in [-0.2, 0) is 26.0 Å². The van der Waals surface area contributed by atoms with Crippen molar-refractivity contribution in [2.24, 2.45) is 0 Å². The summed E-state index contributed by atoms with van der Waals surface area (Å²) >= 11 is 0. The molecule has 1 aromatic rings. The number of aliphatic hydroxyl groups excluding tert-OH is 1. The molecule has 1 rings (SSSR count). The second-order valence-corrected chi connectivity index (χ2v) is 6.73. The molecule has 7 heteroatoms. The molecule has 6 nitrogen and oxygen atoms in total. The molecule has 0 aliphatic carbocycles. The first-order valence-corrected chi connectivity index (χ1v) is 7.49. The summed E-state index contributed by atoms with van der Waals surface area (Å²) in [5.41, 5.74) is -0.277. The van der Waals surface area contributed by atoms with Crippen LogP contribution in [0.25, 0.3) is 0 Å². The Morgan fingerprint density at radius 3 is 2.30 bits per heavy atom. The number of esters is 1. The summed E-state index contributed by atoms with van der Waals surface area (Å²) in [6.07, 6.45) is 0.0897. The highest BCUT2D eigenvalue weighted by molar-refractivity contribution is 7.89. The van der Waals surface area contributed by atoms with Gasteiger partial charge in [0, 0.05) is 0 Å². The maximum Gasteiger partial charge on any atom is 0.309 e. The van der Waals surface area contributed by atoms with Gasteiger partial charge < -0.3 is 9.84 Å². The van der Waals surface area contributed by atoms with E-state index in [9.17, 15) is 13.2 Å². The molecule has 1 aromatic carbocycles. The first-order chi connectivity index (χ1) is 9.20. The topological polar surface area (TPSA) is 92.7 Å². The van der Waals surface area contributed by atoms with E-state index in [0.717, 1.165) is 0 Å². The normalized spacial score (nSPS) is 12.2. The molecule has 0 aliphatic heterocycles. The summed E-state index contributed by atoms with van der Waals surface area (Å²) in [6.45, 7) is 2.85. The first kappa shape index (κ1) is 16.6. The number of carbonyl (C=O) groups is 1. The number of hydrogen-bond acceptors (Lipinski definition) is 5. The fraction of sp³-hybridized carbons (Fsp3) is 0.462. The molecule has 0 heterocycles. The number of benzene rings is 1. The molecule has 2 N–H and O–H groups in total. The van der Waals surface area contributed by atoms with E-state index in [2.05, 4.69) is 9.46 Å². The van der Waals surface area contributed by atoms with Crippen molar-refractivity contribution in [3.05, 3.63) is 29.8 Å². The predicted molar refractivity (Wildman–Crippen MR) is 73.6 cm³/mol. The highest BCUT2D eigenvalue weighted by atomic mass is 32.2. The van der Waals surface area contributed by atoms with Crippen molar-refractivity contribution in [2.45, 2.75) is 30.7 Å². The lowest BCUT2D eigenvalue weighted by molar-refractivity contribution is -0.139. The number of aliphatic hydroxyl groups is 1. The van der Waals surface area contributed by atoms with Crippen molar-refractivity contribution in [3.8, 4) is 0 Å². The molecular formula is C13H19NO5S. The summed E-state index contributed by atoms with van der Waals surface area (Å²) < 4.78 is 31.1. The molecule has 0 aromatic heterocycles. The van der Waals surface area contributed by atoms with E-state index in [4.69, 9.17) is 5.11 Å². The zero-order valence-electron chi connectivity index (χ0n) is 11.7. The molecule has 0 spiro atoms. The quantitative estimate of drug-likeness (QED) is 0.744. The summed E-state index contributed by atoms with van der Waals surface area (Å²) in [5, 5.41) is 9.10. The van der Waals surface area contributed by atoms with Gasteiger partial charge >= 0.3 is 5.97 Å². The largest absolute Gasteiger partial charge is 0.469 e. The van der Waals surface area contributed by atoms with Crippen molar-refractivity contribution < 1.29 is 23.1 Å². The maximum atomic E-state index is 12.1. The Labute approximate surface area is 118 Å². The highest BCUT2D eigenvalue weighted by Crippen LogP contribution is 2.14. The molecule has 0 fully saturated rings. The molecule has 0 saturated carbocycles. The lowest BCUT2D eigenvalue weighted by Crippen LogP contribution is -2.46. The second-order valence-electron chi connectivity index (χ2n) is 5.04. The van der Waals surface area contributed by atoms with Crippen molar-refractivity contribution in [3.63, 3.8) is 0 Å². The summed E-state index contributed by atoms with van der Waals surface area (Å²) in [4.78, 5) is 11.2.